The Bertz CT molecular complexity index is 1140. The van der Waals surface area contributed by atoms with Gasteiger partial charge in [0.15, 0.2) is 0 Å². The minimum absolute atomic E-state index is 0.189. The number of carboxylic acid groups (broad SMARTS) is 1. The van der Waals surface area contributed by atoms with Crippen LogP contribution in [0.3, 0.4) is 0 Å². The number of ether oxygens (including phenoxy) is 1. The van der Waals surface area contributed by atoms with E-state index in [0.29, 0.717) is 19.0 Å². The first kappa shape index (κ1) is 21.4. The maximum atomic E-state index is 10.7. The molecule has 0 amide bonds. The van der Waals surface area contributed by atoms with E-state index in [0.717, 1.165) is 41.0 Å². The van der Waals surface area contributed by atoms with E-state index < -0.39 is 5.97 Å². The predicted molar refractivity (Wildman–Crippen MR) is 126 cm³/mol. The first-order chi connectivity index (χ1) is 15.7. The first-order valence-corrected chi connectivity index (χ1v) is 10.9. The number of aromatic nitrogens is 2. The van der Waals surface area contributed by atoms with Crippen LogP contribution in [0.15, 0.2) is 91.0 Å². The molecule has 5 heteroatoms. The normalized spacial score (nSPS) is 10.8. The average molecular weight is 427 g/mol. The molecule has 4 rings (SSSR count). The van der Waals surface area contributed by atoms with Crippen LogP contribution < -0.4 is 4.74 Å². The van der Waals surface area contributed by atoms with Gasteiger partial charge in [-0.05, 0) is 31.4 Å². The highest BCUT2D eigenvalue weighted by Gasteiger charge is 2.22. The molecule has 1 heterocycles. The van der Waals surface area contributed by atoms with Crippen LogP contribution in [-0.2, 0) is 4.79 Å². The summed E-state index contributed by atoms with van der Waals surface area (Å²) in [4.78, 5) is 15.6. The van der Waals surface area contributed by atoms with Crippen molar-refractivity contribution < 1.29 is 14.6 Å². The summed E-state index contributed by atoms with van der Waals surface area (Å²) in [7, 11) is 0. The molecular weight excluding hydrogens is 400 g/mol. The molecule has 4 aromatic rings. The van der Waals surface area contributed by atoms with Crippen molar-refractivity contribution >= 4 is 5.97 Å². The van der Waals surface area contributed by atoms with Gasteiger partial charge < -0.3 is 9.84 Å². The fourth-order valence-corrected chi connectivity index (χ4v) is 3.69. The summed E-state index contributed by atoms with van der Waals surface area (Å²) >= 11 is 0. The Morgan fingerprint density at radius 1 is 0.781 bits per heavy atom. The molecule has 3 aromatic carbocycles. The highest BCUT2D eigenvalue weighted by Crippen LogP contribution is 2.37. The average Bonchev–Trinajstić information content (AvgIpc) is 3.22. The molecule has 0 saturated heterocycles. The van der Waals surface area contributed by atoms with Crippen LogP contribution in [0.2, 0.25) is 0 Å². The number of aliphatic carboxylic acids is 1. The maximum Gasteiger partial charge on any atom is 0.303 e. The molecule has 0 atom stereocenters. The summed E-state index contributed by atoms with van der Waals surface area (Å²) < 4.78 is 8.23. The monoisotopic (exact) mass is 426 g/mol. The third kappa shape index (κ3) is 5.06. The molecule has 1 N–H and O–H groups in total. The van der Waals surface area contributed by atoms with Crippen LogP contribution in [-0.4, -0.2) is 27.2 Å². The van der Waals surface area contributed by atoms with Gasteiger partial charge in [0.1, 0.15) is 5.69 Å². The number of benzene rings is 3. The van der Waals surface area contributed by atoms with Gasteiger partial charge in [0, 0.05) is 17.5 Å². The molecular formula is C27H26N2O3. The standard InChI is InChI=1S/C27H26N2O3/c30-24(31)19-11-4-12-20-32-27-28-25(21-13-5-1-6-14-21)26(22-15-7-2-8-16-22)29(27)23-17-9-3-10-18-23/h1-3,5-10,13-18H,4,11-12,19-20H2,(H,30,31). The van der Waals surface area contributed by atoms with Gasteiger partial charge >= 0.3 is 12.0 Å². The highest BCUT2D eigenvalue weighted by atomic mass is 16.5. The van der Waals surface area contributed by atoms with Crippen molar-refractivity contribution in [2.45, 2.75) is 25.7 Å². The Hall–Kier alpha value is -3.86. The summed E-state index contributed by atoms with van der Waals surface area (Å²) in [5, 5.41) is 8.82. The molecule has 162 valence electrons. The fraction of sp³-hybridized carbons (Fsp3) is 0.185. The zero-order valence-electron chi connectivity index (χ0n) is 17.9. The van der Waals surface area contributed by atoms with Crippen LogP contribution >= 0.6 is 0 Å². The fourth-order valence-electron chi connectivity index (χ4n) is 3.69. The number of carbonyl (C=O) groups is 1. The second-order valence-corrected chi connectivity index (χ2v) is 7.55. The quantitative estimate of drug-likeness (QED) is 0.305. The van der Waals surface area contributed by atoms with Crippen LogP contribution in [0.25, 0.3) is 28.2 Å². The van der Waals surface area contributed by atoms with Gasteiger partial charge in [-0.25, -0.2) is 0 Å². The van der Waals surface area contributed by atoms with Crippen LogP contribution in [0.1, 0.15) is 25.7 Å². The van der Waals surface area contributed by atoms with E-state index >= 15 is 0 Å². The van der Waals surface area contributed by atoms with E-state index in [9.17, 15) is 4.79 Å². The van der Waals surface area contributed by atoms with Crippen molar-refractivity contribution in [1.29, 1.82) is 0 Å². The zero-order valence-corrected chi connectivity index (χ0v) is 17.9. The molecule has 0 radical (unpaired) electrons. The lowest BCUT2D eigenvalue weighted by Gasteiger charge is -2.13. The van der Waals surface area contributed by atoms with E-state index in [1.807, 2.05) is 66.7 Å². The maximum absolute atomic E-state index is 10.7. The molecule has 1 aromatic heterocycles. The third-order valence-electron chi connectivity index (χ3n) is 5.22. The number of hydrogen-bond donors (Lipinski definition) is 1. The van der Waals surface area contributed by atoms with E-state index in [2.05, 4.69) is 28.8 Å². The molecule has 0 bridgehead atoms. The Balaban J connectivity index is 1.74. The summed E-state index contributed by atoms with van der Waals surface area (Å²) in [5.74, 6) is -0.759. The van der Waals surface area contributed by atoms with Gasteiger partial charge in [-0.1, -0.05) is 78.9 Å². The smallest absolute Gasteiger partial charge is 0.303 e. The van der Waals surface area contributed by atoms with Gasteiger partial charge in [-0.3, -0.25) is 9.36 Å². The van der Waals surface area contributed by atoms with Gasteiger partial charge in [-0.15, -0.1) is 0 Å². The van der Waals surface area contributed by atoms with Gasteiger partial charge in [0.25, 0.3) is 0 Å². The second kappa shape index (κ2) is 10.4. The number of nitrogens with zero attached hydrogens (tertiary/aromatic N) is 2. The summed E-state index contributed by atoms with van der Waals surface area (Å²) in [5.41, 5.74) is 4.89. The van der Waals surface area contributed by atoms with Crippen molar-refractivity contribution in [2.24, 2.45) is 0 Å². The van der Waals surface area contributed by atoms with E-state index in [-0.39, 0.29) is 6.42 Å². The number of unbranched alkanes of at least 4 members (excludes halogenated alkanes) is 2. The SMILES string of the molecule is O=C(O)CCCCCOc1nc(-c2ccccc2)c(-c2ccccc2)n1-c1ccccc1. The Kier molecular flexibility index (Phi) is 6.98. The Morgan fingerprint density at radius 3 is 2.00 bits per heavy atom. The van der Waals surface area contributed by atoms with Gasteiger partial charge in [0.2, 0.25) is 0 Å². The number of hydrogen-bond acceptors (Lipinski definition) is 3. The molecule has 0 unspecified atom stereocenters. The first-order valence-electron chi connectivity index (χ1n) is 10.9. The van der Waals surface area contributed by atoms with Crippen molar-refractivity contribution in [3.8, 4) is 34.2 Å². The molecule has 32 heavy (non-hydrogen) atoms. The lowest BCUT2D eigenvalue weighted by atomic mass is 10.0. The van der Waals surface area contributed by atoms with Gasteiger partial charge in [0.05, 0.1) is 18.0 Å². The minimum Gasteiger partial charge on any atom is -0.481 e. The lowest BCUT2D eigenvalue weighted by Crippen LogP contribution is -2.05. The zero-order chi connectivity index (χ0) is 22.2. The summed E-state index contributed by atoms with van der Waals surface area (Å²) in [6, 6.07) is 31.0. The van der Waals surface area contributed by atoms with E-state index in [1.165, 1.54) is 0 Å². The molecule has 0 saturated carbocycles. The molecule has 0 spiro atoms. The molecule has 0 fully saturated rings. The second-order valence-electron chi connectivity index (χ2n) is 7.55. The minimum atomic E-state index is -0.759. The number of rotatable bonds is 10. The number of carboxylic acids is 1. The molecule has 5 nitrogen and oxygen atoms in total. The summed E-state index contributed by atoms with van der Waals surface area (Å²) in [6.07, 6.45) is 2.41. The van der Waals surface area contributed by atoms with Crippen molar-refractivity contribution in [2.75, 3.05) is 6.61 Å². The largest absolute Gasteiger partial charge is 0.481 e. The molecule has 0 aliphatic carbocycles. The highest BCUT2D eigenvalue weighted by molar-refractivity contribution is 5.81. The Morgan fingerprint density at radius 2 is 1.38 bits per heavy atom. The molecule has 0 aliphatic rings. The summed E-state index contributed by atoms with van der Waals surface area (Å²) in [6.45, 7) is 0.478. The lowest BCUT2D eigenvalue weighted by molar-refractivity contribution is -0.137. The molecule has 0 aliphatic heterocycles. The number of para-hydroxylation sites is 1. The predicted octanol–water partition coefficient (Wildman–Crippen LogP) is 6.23. The Labute approximate surface area is 188 Å². The van der Waals surface area contributed by atoms with Crippen LogP contribution in [0.4, 0.5) is 0 Å². The van der Waals surface area contributed by atoms with Crippen LogP contribution in [0.5, 0.6) is 6.01 Å². The van der Waals surface area contributed by atoms with Crippen LogP contribution in [0, 0.1) is 0 Å². The van der Waals surface area contributed by atoms with E-state index in [4.69, 9.17) is 14.8 Å². The topological polar surface area (TPSA) is 64.3 Å². The van der Waals surface area contributed by atoms with Crippen molar-refractivity contribution in [3.63, 3.8) is 0 Å². The van der Waals surface area contributed by atoms with Crippen molar-refractivity contribution in [3.05, 3.63) is 91.0 Å². The third-order valence-corrected chi connectivity index (χ3v) is 5.22. The van der Waals surface area contributed by atoms with Gasteiger partial charge in [-0.2, -0.15) is 4.98 Å². The van der Waals surface area contributed by atoms with Crippen molar-refractivity contribution in [1.82, 2.24) is 9.55 Å². The van der Waals surface area contributed by atoms with E-state index in [1.54, 1.807) is 0 Å². The number of imidazole rings is 1.